The summed E-state index contributed by atoms with van der Waals surface area (Å²) in [6.07, 6.45) is 0. The first-order valence-electron chi connectivity index (χ1n) is 5.98. The number of aromatic nitrogens is 2. The summed E-state index contributed by atoms with van der Waals surface area (Å²) in [5, 5.41) is 3.29. The van der Waals surface area contributed by atoms with Crippen molar-refractivity contribution < 1.29 is 9.47 Å². The lowest BCUT2D eigenvalue weighted by atomic mass is 10.4. The van der Waals surface area contributed by atoms with Crippen LogP contribution < -0.4 is 15.0 Å². The zero-order valence-corrected chi connectivity index (χ0v) is 11.6. The van der Waals surface area contributed by atoms with Gasteiger partial charge in [-0.3, -0.25) is 0 Å². The van der Waals surface area contributed by atoms with Crippen molar-refractivity contribution in [3.05, 3.63) is 11.9 Å². The Morgan fingerprint density at radius 1 is 1.28 bits per heavy atom. The molecule has 0 atom stereocenters. The van der Waals surface area contributed by atoms with Crippen molar-refractivity contribution in [2.45, 2.75) is 6.92 Å². The molecule has 0 saturated carbocycles. The molecule has 6 nitrogen and oxygen atoms in total. The number of nitrogens with zero attached hydrogens (tertiary/aromatic N) is 3. The van der Waals surface area contributed by atoms with Gasteiger partial charge in [0.15, 0.2) is 0 Å². The molecule has 1 N–H and O–H groups in total. The van der Waals surface area contributed by atoms with Crippen LogP contribution in [0.4, 0.5) is 5.82 Å². The highest BCUT2D eigenvalue weighted by Crippen LogP contribution is 2.15. The fourth-order valence-corrected chi connectivity index (χ4v) is 1.49. The molecule has 0 amide bonds. The first kappa shape index (κ1) is 14.7. The van der Waals surface area contributed by atoms with E-state index in [9.17, 15) is 0 Å². The fourth-order valence-electron chi connectivity index (χ4n) is 1.49. The number of rotatable bonds is 8. The van der Waals surface area contributed by atoms with E-state index >= 15 is 0 Å². The summed E-state index contributed by atoms with van der Waals surface area (Å²) < 4.78 is 10.1. The first-order chi connectivity index (χ1) is 8.67. The van der Waals surface area contributed by atoms with E-state index in [1.807, 2.05) is 20.0 Å². The molecular formula is C12H22N4O2. The number of nitrogens with one attached hydrogen (secondary N) is 1. The van der Waals surface area contributed by atoms with E-state index in [4.69, 9.17) is 9.47 Å². The SMILES string of the molecule is COCCNCCN(C)c1cc(OC)nc(C)n1. The molecule has 0 spiro atoms. The number of hydrogen-bond donors (Lipinski definition) is 1. The van der Waals surface area contributed by atoms with Crippen LogP contribution in [-0.2, 0) is 4.74 Å². The van der Waals surface area contributed by atoms with Gasteiger partial charge < -0.3 is 19.7 Å². The molecule has 1 aromatic rings. The normalized spacial score (nSPS) is 10.4. The maximum absolute atomic E-state index is 5.13. The van der Waals surface area contributed by atoms with Crippen molar-refractivity contribution in [2.24, 2.45) is 0 Å². The van der Waals surface area contributed by atoms with E-state index in [1.54, 1.807) is 14.2 Å². The zero-order chi connectivity index (χ0) is 13.4. The van der Waals surface area contributed by atoms with Crippen molar-refractivity contribution >= 4 is 5.82 Å². The highest BCUT2D eigenvalue weighted by atomic mass is 16.5. The molecule has 6 heteroatoms. The second-order valence-electron chi connectivity index (χ2n) is 3.98. The maximum atomic E-state index is 5.13. The summed E-state index contributed by atoms with van der Waals surface area (Å²) in [6.45, 7) is 5.19. The average molecular weight is 254 g/mol. The van der Waals surface area contributed by atoms with E-state index in [1.165, 1.54) is 0 Å². The Hall–Kier alpha value is -1.40. The van der Waals surface area contributed by atoms with E-state index in [0.29, 0.717) is 11.7 Å². The van der Waals surface area contributed by atoms with Crippen LogP contribution >= 0.6 is 0 Å². The summed E-state index contributed by atoms with van der Waals surface area (Å²) in [5.74, 6) is 2.17. The van der Waals surface area contributed by atoms with Gasteiger partial charge in [-0.15, -0.1) is 0 Å². The lowest BCUT2D eigenvalue weighted by Crippen LogP contribution is -2.31. The molecule has 1 aromatic heterocycles. The predicted octanol–water partition coefficient (Wildman–Crippen LogP) is 0.466. The monoisotopic (exact) mass is 254 g/mol. The van der Waals surface area contributed by atoms with Crippen molar-refractivity contribution in [1.29, 1.82) is 0 Å². The van der Waals surface area contributed by atoms with Crippen molar-refractivity contribution in [3.8, 4) is 5.88 Å². The number of likely N-dealkylation sites (N-methyl/N-ethyl adjacent to an activating group) is 1. The fraction of sp³-hybridized carbons (Fsp3) is 0.667. The van der Waals surface area contributed by atoms with Gasteiger partial charge in [0.1, 0.15) is 11.6 Å². The molecule has 0 unspecified atom stereocenters. The molecule has 0 aromatic carbocycles. The lowest BCUT2D eigenvalue weighted by Gasteiger charge is -2.19. The topological polar surface area (TPSA) is 59.5 Å². The van der Waals surface area contributed by atoms with Gasteiger partial charge in [0.05, 0.1) is 13.7 Å². The third-order valence-electron chi connectivity index (χ3n) is 2.51. The maximum Gasteiger partial charge on any atom is 0.218 e. The van der Waals surface area contributed by atoms with Crippen LogP contribution in [0.3, 0.4) is 0 Å². The van der Waals surface area contributed by atoms with Crippen LogP contribution in [0.25, 0.3) is 0 Å². The van der Waals surface area contributed by atoms with Crippen LogP contribution in [-0.4, -0.2) is 57.5 Å². The van der Waals surface area contributed by atoms with E-state index in [-0.39, 0.29) is 0 Å². The molecule has 0 radical (unpaired) electrons. The van der Waals surface area contributed by atoms with Crippen molar-refractivity contribution in [1.82, 2.24) is 15.3 Å². The number of aryl methyl sites for hydroxylation is 1. The Kier molecular flexibility index (Phi) is 6.38. The third-order valence-corrected chi connectivity index (χ3v) is 2.51. The minimum atomic E-state index is 0.594. The second kappa shape index (κ2) is 7.84. The van der Waals surface area contributed by atoms with Crippen LogP contribution in [0.2, 0.25) is 0 Å². The van der Waals surface area contributed by atoms with Crippen LogP contribution in [0, 0.1) is 6.92 Å². The van der Waals surface area contributed by atoms with Gasteiger partial charge in [0, 0.05) is 39.9 Å². The van der Waals surface area contributed by atoms with E-state index in [2.05, 4.69) is 20.2 Å². The van der Waals surface area contributed by atoms with Gasteiger partial charge in [-0.2, -0.15) is 4.98 Å². The third kappa shape index (κ3) is 4.85. The van der Waals surface area contributed by atoms with Gasteiger partial charge in [-0.25, -0.2) is 4.98 Å². The Bertz CT molecular complexity index is 360. The quantitative estimate of drug-likeness (QED) is 0.680. The standard InChI is InChI=1S/C12H22N4O2/c1-10-14-11(9-12(15-10)18-4)16(2)7-5-13-6-8-17-3/h9,13H,5-8H2,1-4H3. The Labute approximate surface area is 108 Å². The molecule has 1 rings (SSSR count). The Morgan fingerprint density at radius 3 is 2.72 bits per heavy atom. The summed E-state index contributed by atoms with van der Waals surface area (Å²) in [5.41, 5.74) is 0. The smallest absolute Gasteiger partial charge is 0.218 e. The molecule has 0 aliphatic carbocycles. The second-order valence-corrected chi connectivity index (χ2v) is 3.98. The molecule has 102 valence electrons. The molecule has 1 heterocycles. The molecule has 0 bridgehead atoms. The van der Waals surface area contributed by atoms with E-state index < -0.39 is 0 Å². The van der Waals surface area contributed by atoms with E-state index in [0.717, 1.165) is 32.1 Å². The van der Waals surface area contributed by atoms with Crippen LogP contribution in [0.1, 0.15) is 5.82 Å². The summed E-state index contributed by atoms with van der Waals surface area (Å²) in [7, 11) is 5.31. The highest BCUT2D eigenvalue weighted by Gasteiger charge is 2.06. The summed E-state index contributed by atoms with van der Waals surface area (Å²) >= 11 is 0. The number of hydrogen-bond acceptors (Lipinski definition) is 6. The minimum Gasteiger partial charge on any atom is -0.481 e. The summed E-state index contributed by atoms with van der Waals surface area (Å²) in [6, 6.07) is 1.84. The average Bonchev–Trinajstić information content (AvgIpc) is 2.37. The van der Waals surface area contributed by atoms with Crippen molar-refractivity contribution in [3.63, 3.8) is 0 Å². The Balaban J connectivity index is 2.45. The van der Waals surface area contributed by atoms with Gasteiger partial charge in [0.2, 0.25) is 5.88 Å². The molecular weight excluding hydrogens is 232 g/mol. The van der Waals surface area contributed by atoms with Crippen LogP contribution in [0.5, 0.6) is 5.88 Å². The predicted molar refractivity (Wildman–Crippen MR) is 71.3 cm³/mol. The van der Waals surface area contributed by atoms with Gasteiger partial charge >= 0.3 is 0 Å². The number of anilines is 1. The van der Waals surface area contributed by atoms with Gasteiger partial charge in [0.25, 0.3) is 0 Å². The lowest BCUT2D eigenvalue weighted by molar-refractivity contribution is 0.200. The molecule has 18 heavy (non-hydrogen) atoms. The molecule has 0 saturated heterocycles. The number of methoxy groups -OCH3 is 2. The number of ether oxygens (including phenoxy) is 2. The summed E-state index contributed by atoms with van der Waals surface area (Å²) in [4.78, 5) is 10.6. The van der Waals surface area contributed by atoms with Crippen molar-refractivity contribution in [2.75, 3.05) is 52.4 Å². The zero-order valence-electron chi connectivity index (χ0n) is 11.6. The van der Waals surface area contributed by atoms with Crippen LogP contribution in [0.15, 0.2) is 6.07 Å². The molecule has 0 aliphatic heterocycles. The molecule has 0 aliphatic rings. The minimum absolute atomic E-state index is 0.594. The largest absolute Gasteiger partial charge is 0.481 e. The van der Waals surface area contributed by atoms with Gasteiger partial charge in [-0.1, -0.05) is 0 Å². The molecule has 0 fully saturated rings. The van der Waals surface area contributed by atoms with Gasteiger partial charge in [-0.05, 0) is 6.92 Å². The highest BCUT2D eigenvalue weighted by molar-refractivity contribution is 5.40. The Morgan fingerprint density at radius 2 is 2.06 bits per heavy atom. The first-order valence-corrected chi connectivity index (χ1v) is 5.98.